The number of rotatable bonds is 20. The third-order valence-electron chi connectivity index (χ3n) is 5.32. The van der Waals surface area contributed by atoms with Crippen molar-refractivity contribution in [3.8, 4) is 0 Å². The van der Waals surface area contributed by atoms with Crippen LogP contribution >= 0.6 is 11.6 Å². The van der Waals surface area contributed by atoms with Crippen LogP contribution in [0.1, 0.15) is 123 Å². The lowest BCUT2D eigenvalue weighted by Gasteiger charge is -2.23. The summed E-state index contributed by atoms with van der Waals surface area (Å²) in [6.45, 7) is 4.11. The number of aliphatic hydroxyl groups is 2. The maximum absolute atomic E-state index is 12.3. The molecule has 0 amide bonds. The van der Waals surface area contributed by atoms with Crippen LogP contribution in [0, 0.1) is 5.92 Å². The Morgan fingerprint density at radius 1 is 0.714 bits per heavy atom. The quantitative estimate of drug-likeness (QED) is 0.138. The fourth-order valence-corrected chi connectivity index (χ4v) is 3.75. The van der Waals surface area contributed by atoms with Crippen molar-refractivity contribution in [2.45, 2.75) is 128 Å². The van der Waals surface area contributed by atoms with E-state index in [2.05, 4.69) is 6.92 Å². The van der Waals surface area contributed by atoms with Crippen molar-refractivity contribution in [1.82, 2.24) is 0 Å². The molecule has 0 radical (unpaired) electrons. The minimum absolute atomic E-state index is 0.153. The molecule has 0 saturated carbocycles. The number of alkyl halides is 1. The Hall–Kier alpha value is -0.450. The molecule has 0 fully saturated rings. The van der Waals surface area contributed by atoms with Gasteiger partial charge in [-0.2, -0.15) is 0 Å². The zero-order chi connectivity index (χ0) is 21.3. The SMILES string of the molecule is CCCCCCCCCCCCCCCC(=O)C(CC(=O)CCC)C(O)(O)Cl. The molecular weight excluding hydrogens is 376 g/mol. The van der Waals surface area contributed by atoms with E-state index in [0.29, 0.717) is 19.3 Å². The summed E-state index contributed by atoms with van der Waals surface area (Å²) in [5, 5.41) is 16.6. The Morgan fingerprint density at radius 3 is 1.54 bits per heavy atom. The molecule has 0 aliphatic rings. The molecule has 0 spiro atoms. The lowest BCUT2D eigenvalue weighted by Crippen LogP contribution is -2.38. The minimum atomic E-state index is -2.64. The molecule has 0 aromatic rings. The predicted octanol–water partition coefficient (Wildman–Crippen LogP) is 6.29. The van der Waals surface area contributed by atoms with Crippen molar-refractivity contribution in [1.29, 1.82) is 0 Å². The van der Waals surface area contributed by atoms with Gasteiger partial charge in [0.15, 0.2) is 0 Å². The van der Waals surface area contributed by atoms with Gasteiger partial charge in [-0.1, -0.05) is 102 Å². The second-order valence-corrected chi connectivity index (χ2v) is 8.70. The van der Waals surface area contributed by atoms with E-state index in [4.69, 9.17) is 11.6 Å². The number of unbranched alkanes of at least 4 members (excludes halogenated alkanes) is 12. The highest BCUT2D eigenvalue weighted by molar-refractivity contribution is 6.23. The zero-order valence-corrected chi connectivity index (χ0v) is 18.9. The fourth-order valence-electron chi connectivity index (χ4n) is 3.55. The fraction of sp³-hybridized carbons (Fsp3) is 0.913. The zero-order valence-electron chi connectivity index (χ0n) is 18.2. The van der Waals surface area contributed by atoms with Crippen LogP contribution in [0.5, 0.6) is 0 Å². The van der Waals surface area contributed by atoms with E-state index >= 15 is 0 Å². The summed E-state index contributed by atoms with van der Waals surface area (Å²) in [6, 6.07) is 0. The lowest BCUT2D eigenvalue weighted by atomic mass is 9.91. The molecule has 0 aliphatic carbocycles. The summed E-state index contributed by atoms with van der Waals surface area (Å²) < 4.78 is 0. The molecule has 5 heteroatoms. The standard InChI is InChI=1S/C23H43ClO4/c1-3-5-6-7-8-9-10-11-12-13-14-15-16-18-22(26)21(23(24,27)28)19-20(25)17-4-2/h21,27-28H,3-19H2,1-2H3. The predicted molar refractivity (Wildman–Crippen MR) is 116 cm³/mol. The number of halogens is 1. The third kappa shape index (κ3) is 15.5. The normalized spacial score (nSPS) is 12.9. The van der Waals surface area contributed by atoms with E-state index in [1.807, 2.05) is 6.92 Å². The van der Waals surface area contributed by atoms with Crippen molar-refractivity contribution < 1.29 is 19.8 Å². The van der Waals surface area contributed by atoms with Gasteiger partial charge >= 0.3 is 0 Å². The Kier molecular flexibility index (Phi) is 17.1. The Morgan fingerprint density at radius 2 is 1.14 bits per heavy atom. The first-order valence-electron chi connectivity index (χ1n) is 11.5. The Bertz CT molecular complexity index is 404. The highest BCUT2D eigenvalue weighted by Crippen LogP contribution is 2.26. The molecule has 0 bridgehead atoms. The Balaban J connectivity index is 3.76. The van der Waals surface area contributed by atoms with Crippen LogP contribution in [0.2, 0.25) is 0 Å². The van der Waals surface area contributed by atoms with Crippen molar-refractivity contribution in [2.24, 2.45) is 5.92 Å². The van der Waals surface area contributed by atoms with Gasteiger partial charge in [-0.3, -0.25) is 9.59 Å². The number of hydrogen-bond donors (Lipinski definition) is 2. The molecule has 2 N–H and O–H groups in total. The van der Waals surface area contributed by atoms with Crippen LogP contribution in [-0.2, 0) is 9.59 Å². The average Bonchev–Trinajstić information content (AvgIpc) is 2.62. The summed E-state index contributed by atoms with van der Waals surface area (Å²) >= 11 is 5.53. The number of carbonyl (C=O) groups is 2. The van der Waals surface area contributed by atoms with Crippen LogP contribution in [0.3, 0.4) is 0 Å². The summed E-state index contributed by atoms with van der Waals surface area (Å²) in [7, 11) is 0. The lowest BCUT2D eigenvalue weighted by molar-refractivity contribution is -0.158. The topological polar surface area (TPSA) is 74.6 Å². The van der Waals surface area contributed by atoms with Gasteiger partial charge in [0.05, 0.1) is 5.92 Å². The minimum Gasteiger partial charge on any atom is -0.353 e. The van der Waals surface area contributed by atoms with Crippen LogP contribution in [0.4, 0.5) is 0 Å². The smallest absolute Gasteiger partial charge is 0.253 e. The van der Waals surface area contributed by atoms with Gasteiger partial charge in [-0.05, 0) is 12.8 Å². The number of ketones is 2. The average molecular weight is 419 g/mol. The van der Waals surface area contributed by atoms with Crippen molar-refractivity contribution in [2.75, 3.05) is 0 Å². The molecule has 0 aromatic heterocycles. The molecular formula is C23H43ClO4. The van der Waals surface area contributed by atoms with E-state index in [9.17, 15) is 19.8 Å². The molecule has 0 aliphatic heterocycles. The maximum atomic E-state index is 12.3. The van der Waals surface area contributed by atoms with Crippen LogP contribution in [0.15, 0.2) is 0 Å². The van der Waals surface area contributed by atoms with Gasteiger partial charge in [0.25, 0.3) is 5.25 Å². The highest BCUT2D eigenvalue weighted by atomic mass is 35.5. The van der Waals surface area contributed by atoms with Gasteiger partial charge < -0.3 is 10.2 Å². The van der Waals surface area contributed by atoms with Crippen LogP contribution in [0.25, 0.3) is 0 Å². The second-order valence-electron chi connectivity index (χ2n) is 8.14. The molecule has 28 heavy (non-hydrogen) atoms. The summed E-state index contributed by atoms with van der Waals surface area (Å²) in [5.74, 6) is -1.71. The van der Waals surface area contributed by atoms with Gasteiger partial charge in [-0.15, -0.1) is 0 Å². The largest absolute Gasteiger partial charge is 0.353 e. The summed E-state index contributed by atoms with van der Waals surface area (Å²) in [5.41, 5.74) is 0. The Labute approximate surface area is 177 Å². The molecule has 0 rings (SSSR count). The third-order valence-corrected chi connectivity index (χ3v) is 5.58. The molecule has 1 atom stereocenters. The first-order valence-corrected chi connectivity index (χ1v) is 11.9. The molecule has 166 valence electrons. The summed E-state index contributed by atoms with van der Waals surface area (Å²) in [4.78, 5) is 24.0. The van der Waals surface area contributed by atoms with Crippen LogP contribution in [-0.4, -0.2) is 27.0 Å². The van der Waals surface area contributed by atoms with Crippen molar-refractivity contribution in [3.63, 3.8) is 0 Å². The molecule has 0 aromatic carbocycles. The van der Waals surface area contributed by atoms with E-state index in [1.54, 1.807) is 0 Å². The molecule has 0 heterocycles. The molecule has 4 nitrogen and oxygen atoms in total. The molecule has 1 unspecified atom stereocenters. The van der Waals surface area contributed by atoms with E-state index in [0.717, 1.165) is 12.8 Å². The van der Waals surface area contributed by atoms with Crippen molar-refractivity contribution >= 4 is 23.2 Å². The second kappa shape index (κ2) is 17.4. The first-order chi connectivity index (χ1) is 13.3. The molecule has 0 saturated heterocycles. The van der Waals surface area contributed by atoms with E-state index in [-0.39, 0.29) is 24.4 Å². The number of Topliss-reactive ketones (excluding diaryl/α,β-unsaturated/α-hetero) is 2. The van der Waals surface area contributed by atoms with Gasteiger partial charge in [0, 0.05) is 19.3 Å². The van der Waals surface area contributed by atoms with Crippen molar-refractivity contribution in [3.05, 3.63) is 0 Å². The number of hydrogen-bond acceptors (Lipinski definition) is 4. The van der Waals surface area contributed by atoms with Gasteiger partial charge in [-0.25, -0.2) is 0 Å². The van der Waals surface area contributed by atoms with Gasteiger partial charge in [0.1, 0.15) is 11.6 Å². The monoisotopic (exact) mass is 418 g/mol. The first kappa shape index (κ1) is 27.5. The van der Waals surface area contributed by atoms with E-state index in [1.165, 1.54) is 64.2 Å². The number of carbonyl (C=O) groups excluding carboxylic acids is 2. The van der Waals surface area contributed by atoms with Crippen LogP contribution < -0.4 is 0 Å². The van der Waals surface area contributed by atoms with E-state index < -0.39 is 11.2 Å². The van der Waals surface area contributed by atoms with Gasteiger partial charge in [0.2, 0.25) is 0 Å². The highest BCUT2D eigenvalue weighted by Gasteiger charge is 2.38. The maximum Gasteiger partial charge on any atom is 0.253 e. The summed E-state index contributed by atoms with van der Waals surface area (Å²) in [6.07, 6.45) is 17.0.